The number of thiazole rings is 1. The zero-order valence-corrected chi connectivity index (χ0v) is 11.8. The molecule has 1 rings (SSSR count). The first-order valence-corrected chi connectivity index (χ1v) is 6.50. The molecule has 0 amide bonds. The van der Waals surface area contributed by atoms with Crippen LogP contribution in [0, 0.1) is 6.92 Å². The fraction of sp³-hybridized carbons (Fsp3) is 0.667. The van der Waals surface area contributed by atoms with Crippen molar-refractivity contribution in [2.45, 2.75) is 46.2 Å². The lowest BCUT2D eigenvalue weighted by Crippen LogP contribution is -2.45. The van der Waals surface area contributed by atoms with Crippen LogP contribution in [0.1, 0.15) is 44.4 Å². The van der Waals surface area contributed by atoms with Crippen molar-refractivity contribution < 1.29 is 9.90 Å². The largest absolute Gasteiger partial charge is 0.480 e. The number of hydrogen-bond donors (Lipinski definition) is 1. The molecule has 0 saturated carbocycles. The number of hydrogen-bond acceptors (Lipinski definition) is 4. The maximum atomic E-state index is 10.9. The number of rotatable bonds is 4. The summed E-state index contributed by atoms with van der Waals surface area (Å²) in [6.45, 7) is 10.0. The number of nitrogens with zero attached hydrogens (tertiary/aromatic N) is 2. The van der Waals surface area contributed by atoms with Crippen molar-refractivity contribution in [2.75, 3.05) is 6.54 Å². The maximum absolute atomic E-state index is 10.9. The topological polar surface area (TPSA) is 53.4 Å². The lowest BCUT2D eigenvalue weighted by atomic mass is 10.0. The van der Waals surface area contributed by atoms with Gasteiger partial charge in [-0.3, -0.25) is 9.69 Å². The fourth-order valence-electron chi connectivity index (χ4n) is 1.83. The molecule has 0 aliphatic carbocycles. The van der Waals surface area contributed by atoms with Gasteiger partial charge in [-0.05, 0) is 34.6 Å². The molecule has 0 bridgehead atoms. The van der Waals surface area contributed by atoms with E-state index in [9.17, 15) is 4.79 Å². The normalized spacial score (nSPS) is 14.0. The van der Waals surface area contributed by atoms with Crippen LogP contribution in [0.15, 0.2) is 5.38 Å². The van der Waals surface area contributed by atoms with Gasteiger partial charge in [0.15, 0.2) is 0 Å². The monoisotopic (exact) mass is 256 g/mol. The van der Waals surface area contributed by atoms with Crippen LogP contribution < -0.4 is 0 Å². The van der Waals surface area contributed by atoms with Crippen molar-refractivity contribution in [1.29, 1.82) is 0 Å². The van der Waals surface area contributed by atoms with Gasteiger partial charge in [0, 0.05) is 10.9 Å². The first kappa shape index (κ1) is 14.1. The minimum Gasteiger partial charge on any atom is -0.480 e. The Morgan fingerprint density at radius 1 is 1.59 bits per heavy atom. The van der Waals surface area contributed by atoms with Crippen LogP contribution in [0.5, 0.6) is 0 Å². The second kappa shape index (κ2) is 5.14. The highest BCUT2D eigenvalue weighted by atomic mass is 32.1. The Kier molecular flexibility index (Phi) is 4.27. The molecule has 4 nitrogen and oxygen atoms in total. The van der Waals surface area contributed by atoms with Gasteiger partial charge in [0.05, 0.1) is 23.3 Å². The van der Waals surface area contributed by atoms with Gasteiger partial charge in [-0.1, -0.05) is 0 Å². The van der Waals surface area contributed by atoms with E-state index in [0.29, 0.717) is 0 Å². The summed E-state index contributed by atoms with van der Waals surface area (Å²) in [6.07, 6.45) is 0. The summed E-state index contributed by atoms with van der Waals surface area (Å²) < 4.78 is 0. The number of carboxylic acids is 1. The molecule has 0 aromatic carbocycles. The summed E-state index contributed by atoms with van der Waals surface area (Å²) in [5, 5.41) is 12.0. The minimum atomic E-state index is -0.807. The average Bonchev–Trinajstić information content (AvgIpc) is 2.58. The van der Waals surface area contributed by atoms with Crippen LogP contribution in [0.3, 0.4) is 0 Å². The molecule has 1 atom stereocenters. The van der Waals surface area contributed by atoms with Crippen LogP contribution in [-0.4, -0.2) is 33.0 Å². The highest BCUT2D eigenvalue weighted by Gasteiger charge is 2.30. The predicted molar refractivity (Wildman–Crippen MR) is 69.4 cm³/mol. The summed E-state index contributed by atoms with van der Waals surface area (Å²) in [5.74, 6) is -0.807. The zero-order chi connectivity index (χ0) is 13.2. The summed E-state index contributed by atoms with van der Waals surface area (Å²) in [6, 6.07) is 0.0102. The molecule has 0 saturated heterocycles. The fourth-order valence-corrected chi connectivity index (χ4v) is 2.53. The lowest BCUT2D eigenvalue weighted by molar-refractivity contribution is -0.140. The Morgan fingerprint density at radius 3 is 2.53 bits per heavy atom. The van der Waals surface area contributed by atoms with Crippen molar-refractivity contribution in [3.8, 4) is 0 Å². The number of aliphatic carboxylic acids is 1. The second-order valence-corrected chi connectivity index (χ2v) is 6.22. The second-order valence-electron chi connectivity index (χ2n) is 5.16. The first-order valence-electron chi connectivity index (χ1n) is 5.62. The summed E-state index contributed by atoms with van der Waals surface area (Å²) in [7, 11) is 0. The molecule has 0 aliphatic rings. The molecule has 1 aromatic rings. The Labute approximate surface area is 106 Å². The zero-order valence-electron chi connectivity index (χ0n) is 11.0. The smallest absolute Gasteiger partial charge is 0.317 e. The molecule has 0 fully saturated rings. The molecule has 0 aliphatic heterocycles. The van der Waals surface area contributed by atoms with Gasteiger partial charge in [-0.2, -0.15) is 0 Å². The standard InChI is InChI=1S/C12H20N2O2S/c1-8(10-7-17-9(2)13-10)14(6-11(15)16)12(3,4)5/h7-8H,6H2,1-5H3,(H,15,16). The molecule has 17 heavy (non-hydrogen) atoms. The number of aryl methyl sites for hydroxylation is 1. The third kappa shape index (κ3) is 3.78. The summed E-state index contributed by atoms with van der Waals surface area (Å²) in [5.41, 5.74) is 0.749. The third-order valence-corrected chi connectivity index (χ3v) is 3.49. The van der Waals surface area contributed by atoms with Gasteiger partial charge in [-0.15, -0.1) is 11.3 Å². The van der Waals surface area contributed by atoms with E-state index >= 15 is 0 Å². The van der Waals surface area contributed by atoms with Crippen LogP contribution >= 0.6 is 11.3 Å². The maximum Gasteiger partial charge on any atom is 0.317 e. The van der Waals surface area contributed by atoms with E-state index in [1.165, 1.54) is 0 Å². The molecule has 0 radical (unpaired) electrons. The van der Waals surface area contributed by atoms with Crippen LogP contribution in [0.2, 0.25) is 0 Å². The van der Waals surface area contributed by atoms with Gasteiger partial charge in [0.2, 0.25) is 0 Å². The van der Waals surface area contributed by atoms with E-state index in [2.05, 4.69) is 4.98 Å². The third-order valence-electron chi connectivity index (χ3n) is 2.70. The van der Waals surface area contributed by atoms with E-state index in [0.717, 1.165) is 10.7 Å². The molecule has 1 heterocycles. The molecule has 0 spiro atoms. The SMILES string of the molecule is Cc1nc(C(C)N(CC(=O)O)C(C)(C)C)cs1. The highest BCUT2D eigenvalue weighted by molar-refractivity contribution is 7.09. The van der Waals surface area contributed by atoms with E-state index in [1.807, 2.05) is 44.9 Å². The van der Waals surface area contributed by atoms with Gasteiger partial charge in [0.1, 0.15) is 0 Å². The molecule has 5 heteroatoms. The first-order chi connectivity index (χ1) is 7.71. The van der Waals surface area contributed by atoms with Gasteiger partial charge in [-0.25, -0.2) is 4.98 Å². The Morgan fingerprint density at radius 2 is 2.18 bits per heavy atom. The van der Waals surface area contributed by atoms with E-state index in [-0.39, 0.29) is 18.1 Å². The van der Waals surface area contributed by atoms with Crippen molar-refractivity contribution in [3.63, 3.8) is 0 Å². The summed E-state index contributed by atoms with van der Waals surface area (Å²) in [4.78, 5) is 17.3. The van der Waals surface area contributed by atoms with Gasteiger partial charge >= 0.3 is 5.97 Å². The molecular weight excluding hydrogens is 236 g/mol. The van der Waals surface area contributed by atoms with Crippen molar-refractivity contribution >= 4 is 17.3 Å². The van der Waals surface area contributed by atoms with Crippen LogP contribution in [-0.2, 0) is 4.79 Å². The lowest BCUT2D eigenvalue weighted by Gasteiger charge is -2.38. The van der Waals surface area contributed by atoms with Crippen LogP contribution in [0.4, 0.5) is 0 Å². The Balaban J connectivity index is 2.94. The Bertz CT molecular complexity index is 395. The molecule has 1 N–H and O–H groups in total. The van der Waals surface area contributed by atoms with Crippen molar-refractivity contribution in [3.05, 3.63) is 16.1 Å². The predicted octanol–water partition coefficient (Wildman–Crippen LogP) is 2.70. The van der Waals surface area contributed by atoms with Crippen molar-refractivity contribution in [2.24, 2.45) is 0 Å². The highest BCUT2D eigenvalue weighted by Crippen LogP contribution is 2.28. The molecule has 1 aromatic heterocycles. The number of carbonyl (C=O) groups is 1. The molecule has 96 valence electrons. The Hall–Kier alpha value is -0.940. The average molecular weight is 256 g/mol. The summed E-state index contributed by atoms with van der Waals surface area (Å²) >= 11 is 1.59. The van der Waals surface area contributed by atoms with Crippen molar-refractivity contribution in [1.82, 2.24) is 9.88 Å². The number of carboxylic acid groups (broad SMARTS) is 1. The van der Waals surface area contributed by atoms with E-state index < -0.39 is 5.97 Å². The molecular formula is C12H20N2O2S. The molecule has 1 unspecified atom stereocenters. The van der Waals surface area contributed by atoms with E-state index in [1.54, 1.807) is 11.3 Å². The van der Waals surface area contributed by atoms with E-state index in [4.69, 9.17) is 5.11 Å². The number of aromatic nitrogens is 1. The van der Waals surface area contributed by atoms with Gasteiger partial charge in [0.25, 0.3) is 0 Å². The van der Waals surface area contributed by atoms with Crippen LogP contribution in [0.25, 0.3) is 0 Å². The van der Waals surface area contributed by atoms with Gasteiger partial charge < -0.3 is 5.11 Å². The minimum absolute atomic E-state index is 0.0102. The quantitative estimate of drug-likeness (QED) is 0.900.